The fraction of sp³-hybridized carbons (Fsp3) is 0.620. The predicted molar refractivity (Wildman–Crippen MR) is 446 cm³/mol. The number of aromatic hydroxyl groups is 1. The molecule has 122 heavy (non-hydrogen) atoms. The lowest BCUT2D eigenvalue weighted by atomic mass is 9.98. The van der Waals surface area contributed by atoms with Gasteiger partial charge in [-0.25, -0.2) is 0 Å². The number of aliphatic hydroxyl groups excluding tert-OH is 2. The number of rotatable bonds is 54. The van der Waals surface area contributed by atoms with Crippen LogP contribution in [-0.2, 0) is 94.3 Å². The number of nitrogens with one attached hydrogen (secondary N) is 13. The number of phenolic OH excluding ortho intramolecular Hbond substituents is 1. The molecule has 1 aliphatic rings. The molecule has 1 aliphatic heterocycles. The van der Waals surface area contributed by atoms with Crippen LogP contribution in [0, 0.1) is 23.7 Å². The molecule has 43 heteroatoms. The van der Waals surface area contributed by atoms with Crippen molar-refractivity contribution in [2.24, 2.45) is 51.6 Å². The summed E-state index contributed by atoms with van der Waals surface area (Å²) in [5, 5.41) is 93.4. The molecule has 0 unspecified atom stereocenters. The van der Waals surface area contributed by atoms with Gasteiger partial charge in [0.2, 0.25) is 82.7 Å². The van der Waals surface area contributed by atoms with Gasteiger partial charge in [0.15, 0.2) is 5.96 Å². The second-order valence-corrected chi connectivity index (χ2v) is 31.8. The topological polar surface area (TPSA) is 688 Å². The van der Waals surface area contributed by atoms with Crippen LogP contribution in [0.4, 0.5) is 0 Å². The third-order valence-corrected chi connectivity index (χ3v) is 20.0. The van der Waals surface area contributed by atoms with E-state index in [1.165, 1.54) is 63.8 Å². The number of carbonyl (C=O) groups excluding carboxylic acids is 14. The lowest BCUT2D eigenvalue weighted by Crippen LogP contribution is -2.63. The predicted octanol–water partition coefficient (Wildman–Crippen LogP) is -4.87. The van der Waals surface area contributed by atoms with Crippen LogP contribution in [0.3, 0.4) is 0 Å². The lowest BCUT2D eigenvalue weighted by Gasteiger charge is -2.32. The highest BCUT2D eigenvalue weighted by Gasteiger charge is 2.43. The number of carbonyl (C=O) groups is 17. The van der Waals surface area contributed by atoms with Crippen LogP contribution in [0.15, 0.2) is 59.6 Å². The summed E-state index contributed by atoms with van der Waals surface area (Å²) in [7, 11) is 0. The summed E-state index contributed by atoms with van der Waals surface area (Å²) in [6.07, 6.45) is -6.05. The maximum atomic E-state index is 14.8. The molecule has 1 fully saturated rings. The maximum Gasteiger partial charge on any atom is 0.322 e. The van der Waals surface area contributed by atoms with Crippen LogP contribution in [0.2, 0.25) is 0 Å². The number of hydrogen-bond acceptors (Lipinski definition) is 24. The molecule has 3 rings (SSSR count). The highest BCUT2D eigenvalue weighted by atomic mass is 32.1. The van der Waals surface area contributed by atoms with E-state index in [4.69, 9.17) is 28.0 Å². The Labute approximate surface area is 713 Å². The van der Waals surface area contributed by atoms with Gasteiger partial charge in [-0.1, -0.05) is 97.9 Å². The molecule has 42 nitrogen and oxygen atoms in total. The van der Waals surface area contributed by atoms with Gasteiger partial charge in [-0.2, -0.15) is 12.6 Å². The Morgan fingerprint density at radius 1 is 0.459 bits per heavy atom. The van der Waals surface area contributed by atoms with E-state index in [0.717, 1.165) is 6.92 Å². The Morgan fingerprint density at radius 2 is 0.836 bits per heavy atom. The van der Waals surface area contributed by atoms with E-state index in [2.05, 4.69) is 86.7 Å². The molecule has 0 bridgehead atoms. The zero-order valence-electron chi connectivity index (χ0n) is 70.5. The van der Waals surface area contributed by atoms with Gasteiger partial charge in [0.25, 0.3) is 0 Å². The van der Waals surface area contributed by atoms with Gasteiger partial charge in [0.1, 0.15) is 90.8 Å². The van der Waals surface area contributed by atoms with Gasteiger partial charge < -0.3 is 128 Å². The number of likely N-dealkylation sites (tertiary alicyclic amines) is 1. The van der Waals surface area contributed by atoms with Crippen LogP contribution in [0.5, 0.6) is 5.75 Å². The quantitative estimate of drug-likeness (QED) is 0.0128. The van der Waals surface area contributed by atoms with Crippen LogP contribution < -0.4 is 92.1 Å². The highest BCUT2D eigenvalue weighted by molar-refractivity contribution is 7.80. The number of aliphatic imine (C=N–C) groups is 1. The van der Waals surface area contributed by atoms with E-state index in [1.807, 2.05) is 0 Å². The number of nitrogens with two attached hydrogens (primary N) is 4. The molecule has 2 aromatic rings. The summed E-state index contributed by atoms with van der Waals surface area (Å²) in [5.74, 6) is -21.4. The number of amides is 14. The minimum absolute atomic E-state index is 0.0377. The van der Waals surface area contributed by atoms with Gasteiger partial charge in [-0.15, -0.1) is 0 Å². The SMILES string of the molecule is CC(C)C[C@H](NC(=O)[C@H](CCC(=O)O)NC(=O)[C@H](CCCCN)NC(=O)[C@H](Cc1ccccc1)NC(=O)[C@@H](NC(=O)[C@@H](N)CS)[C@@H](C)O)C(=O)N[C@H](C(=O)N[C@@H](Cc1ccc(O)cc1)C(=O)N[C@@H](CCC(=O)O)C(=O)N[C@H](C(=O)N[C@H](C(=O)N[C@@H](CCCN=C(N)N)C(=O)N[C@H](C(=O)N1CCC[C@H]1C(=O)NCC(=O)O)C(C)C)C(C)C)[C@@H](C)O)C(C)C. The Balaban J connectivity index is 2.00. The highest BCUT2D eigenvalue weighted by Crippen LogP contribution is 2.22. The summed E-state index contributed by atoms with van der Waals surface area (Å²) in [5.41, 5.74) is 23.5. The molecule has 1 heterocycles. The van der Waals surface area contributed by atoms with Gasteiger partial charge in [0, 0.05) is 44.5 Å². The van der Waals surface area contributed by atoms with Crippen molar-refractivity contribution >= 4 is 119 Å². The lowest BCUT2D eigenvalue weighted by molar-refractivity contribution is -0.144. The first kappa shape index (κ1) is 105. The van der Waals surface area contributed by atoms with Crippen molar-refractivity contribution in [3.05, 3.63) is 65.7 Å². The molecule has 16 atom stereocenters. The number of thiol groups is 1. The van der Waals surface area contributed by atoms with Crippen LogP contribution in [0.25, 0.3) is 0 Å². The van der Waals surface area contributed by atoms with Crippen LogP contribution >= 0.6 is 12.6 Å². The van der Waals surface area contributed by atoms with E-state index in [-0.39, 0.29) is 87.6 Å². The molecule has 680 valence electrons. The Hall–Kier alpha value is -11.3. The number of hydrogen-bond donors (Lipinski definition) is 24. The van der Waals surface area contributed by atoms with E-state index in [1.54, 1.807) is 58.0 Å². The van der Waals surface area contributed by atoms with Crippen LogP contribution in [0.1, 0.15) is 157 Å². The smallest absolute Gasteiger partial charge is 0.322 e. The molecule has 0 aromatic heterocycles. The van der Waals surface area contributed by atoms with Crippen molar-refractivity contribution in [3.8, 4) is 5.75 Å². The maximum absolute atomic E-state index is 14.8. The van der Waals surface area contributed by atoms with Gasteiger partial charge in [0.05, 0.1) is 18.2 Å². The number of guanidine groups is 1. The number of carboxylic acids is 3. The number of aliphatic hydroxyl groups is 2. The monoisotopic (exact) mass is 1740 g/mol. The van der Waals surface area contributed by atoms with Gasteiger partial charge in [-0.3, -0.25) is 86.5 Å². The molecule has 0 saturated carbocycles. The number of unbranched alkanes of at least 4 members (excludes halogenated alkanes) is 1. The zero-order chi connectivity index (χ0) is 91.9. The first-order valence-electron chi connectivity index (χ1n) is 40.5. The fourth-order valence-corrected chi connectivity index (χ4v) is 13.0. The molecular formula is C79H125N19O23S. The molecular weight excluding hydrogens is 1620 g/mol. The number of phenols is 1. The molecule has 27 N–H and O–H groups in total. The van der Waals surface area contributed by atoms with E-state index in [9.17, 15) is 107 Å². The summed E-state index contributed by atoms with van der Waals surface area (Å²) in [4.78, 5) is 240. The van der Waals surface area contributed by atoms with E-state index in [0.29, 0.717) is 18.4 Å². The Bertz CT molecular complexity index is 3910. The van der Waals surface area contributed by atoms with Crippen LogP contribution in [-0.4, -0.2) is 271 Å². The summed E-state index contributed by atoms with van der Waals surface area (Å²) in [6.45, 7) is 14.4. The molecule has 0 aliphatic carbocycles. The third-order valence-electron chi connectivity index (χ3n) is 19.6. The third kappa shape index (κ3) is 36.6. The number of aliphatic carboxylic acids is 3. The molecule has 0 spiro atoms. The summed E-state index contributed by atoms with van der Waals surface area (Å²) < 4.78 is 0. The van der Waals surface area contributed by atoms with Crippen molar-refractivity contribution in [2.45, 2.75) is 256 Å². The normalized spacial score (nSPS) is 16.2. The number of nitrogens with zero attached hydrogens (tertiary/aromatic N) is 2. The first-order chi connectivity index (χ1) is 57.3. The minimum Gasteiger partial charge on any atom is -0.508 e. The van der Waals surface area contributed by atoms with E-state index < -0.39 is 260 Å². The first-order valence-corrected chi connectivity index (χ1v) is 41.1. The van der Waals surface area contributed by atoms with Crippen molar-refractivity contribution in [3.63, 3.8) is 0 Å². The van der Waals surface area contributed by atoms with Crippen molar-refractivity contribution in [1.82, 2.24) is 74.0 Å². The standard InChI is InChI=1S/C79H125N19O23S/c1-39(2)34-53(90-67(110)51(27-29-57(102)103)87-66(109)49(20-14-15-31-80)86-70(113)54(35-45-18-12-11-13-19-45)92-76(119)63(43(9)99)96-65(108)48(81)38-122)72(115)93-60(40(3)4)75(118)91-55(36-46-23-25-47(101)26-24-46)71(114)88-52(28-30-58(104)105)69(112)97-64(44(10)100)77(120)94-61(41(5)6)74(117)89-50(21-16-32-84-79(82)83)68(111)95-62(42(7)8)78(121)98-33-17-22-56(98)73(116)85-37-59(106)107/h11-13,18-19,23-26,39-44,48-56,60-64,99-101,122H,14-17,20-22,27-38,80-81H2,1-10H3,(H,85,116)(H,86,113)(H,87,109)(H,88,114)(H,89,117)(H,90,110)(H,91,118)(H,92,119)(H,93,115)(H,94,120)(H,95,111)(H,96,108)(H,97,112)(H,102,103)(H,104,105)(H,106,107)(H4,82,83,84)/t43-,44-,48+,49+,50+,51+,52+,53+,54+,55+,56+,60+,61+,62+,63+,64+/m1/s1. The zero-order valence-corrected chi connectivity index (χ0v) is 71.3. The molecule has 0 radical (unpaired) electrons. The summed E-state index contributed by atoms with van der Waals surface area (Å²) in [6, 6.07) is -8.13. The average Bonchev–Trinajstić information content (AvgIpc) is 1.71. The number of benzene rings is 2. The second-order valence-electron chi connectivity index (χ2n) is 31.5. The van der Waals surface area contributed by atoms with Crippen molar-refractivity contribution < 1.29 is 112 Å². The Morgan fingerprint density at radius 3 is 1.27 bits per heavy atom. The Kier molecular flexibility index (Phi) is 45.4. The minimum atomic E-state index is -1.98. The number of carboxylic acid groups (broad SMARTS) is 3. The molecule has 2 aromatic carbocycles. The second kappa shape index (κ2) is 52.8. The average molecular weight is 1740 g/mol. The van der Waals surface area contributed by atoms with E-state index >= 15 is 0 Å². The van der Waals surface area contributed by atoms with Gasteiger partial charge >= 0.3 is 17.9 Å². The van der Waals surface area contributed by atoms with Crippen molar-refractivity contribution in [1.29, 1.82) is 0 Å². The molecule has 1 saturated heterocycles. The largest absolute Gasteiger partial charge is 0.508 e. The van der Waals surface area contributed by atoms with Crippen molar-refractivity contribution in [2.75, 3.05) is 31.9 Å². The van der Waals surface area contributed by atoms with Gasteiger partial charge in [-0.05, 0) is 132 Å². The fourth-order valence-electron chi connectivity index (χ4n) is 12.8. The molecule has 14 amide bonds. The summed E-state index contributed by atoms with van der Waals surface area (Å²) >= 11 is 4.02.